The van der Waals surface area contributed by atoms with E-state index < -0.39 is 11.7 Å². The predicted octanol–water partition coefficient (Wildman–Crippen LogP) is 3.33. The Kier molecular flexibility index (Phi) is 2.46. The minimum Gasteiger partial charge on any atom is -0.495 e. The number of alkyl halides is 3. The summed E-state index contributed by atoms with van der Waals surface area (Å²) in [4.78, 5) is 0. The first-order valence-electron chi connectivity index (χ1n) is 4.54. The first kappa shape index (κ1) is 11.3. The summed E-state index contributed by atoms with van der Waals surface area (Å²) in [6.45, 7) is 0. The van der Waals surface area contributed by atoms with Gasteiger partial charge in [0.1, 0.15) is 29.2 Å². The van der Waals surface area contributed by atoms with Gasteiger partial charge in [0.25, 0.3) is 0 Å². The summed E-state index contributed by atoms with van der Waals surface area (Å²) in [6.07, 6.45) is -3.88. The number of rotatable bonds is 1. The summed E-state index contributed by atoms with van der Waals surface area (Å²) in [6, 6.07) is 4.15. The number of fused-ring (bicyclic) bond motifs is 1. The average molecular weight is 241 g/mol. The van der Waals surface area contributed by atoms with Crippen LogP contribution in [0.25, 0.3) is 11.0 Å². The number of hydrogen-bond acceptors (Lipinski definition) is 3. The Balaban J connectivity index is 2.75. The third-order valence-electron chi connectivity index (χ3n) is 2.32. The molecule has 6 heteroatoms. The summed E-state index contributed by atoms with van der Waals surface area (Å²) in [5.41, 5.74) is -0.827. The quantitative estimate of drug-likeness (QED) is 0.769. The Morgan fingerprint density at radius 1 is 1.35 bits per heavy atom. The molecule has 0 fully saturated rings. The molecule has 0 atom stereocenters. The Hall–Kier alpha value is -2.16. The predicted molar refractivity (Wildman–Crippen MR) is 52.5 cm³/mol. The maximum absolute atomic E-state index is 12.6. The maximum atomic E-state index is 12.6. The van der Waals surface area contributed by atoms with E-state index in [0.717, 1.165) is 6.07 Å². The number of nitriles is 1. The molecule has 0 aliphatic carbocycles. The molecule has 0 saturated carbocycles. The van der Waals surface area contributed by atoms with Gasteiger partial charge in [-0.05, 0) is 6.07 Å². The molecule has 0 spiro atoms. The van der Waals surface area contributed by atoms with Crippen molar-refractivity contribution in [3.8, 4) is 11.8 Å². The minimum atomic E-state index is -4.51. The lowest BCUT2D eigenvalue weighted by Gasteiger charge is -2.05. The smallest absolute Gasteiger partial charge is 0.420 e. The highest BCUT2D eigenvalue weighted by Gasteiger charge is 2.35. The van der Waals surface area contributed by atoms with Crippen molar-refractivity contribution in [2.45, 2.75) is 6.18 Å². The minimum absolute atomic E-state index is 0.0342. The third kappa shape index (κ3) is 1.80. The molecular weight excluding hydrogens is 235 g/mol. The number of hydrogen-bond donors (Lipinski definition) is 0. The molecule has 0 aliphatic rings. The van der Waals surface area contributed by atoms with Crippen LogP contribution in [-0.4, -0.2) is 7.11 Å². The van der Waals surface area contributed by atoms with Crippen LogP contribution in [0.3, 0.4) is 0 Å². The summed E-state index contributed by atoms with van der Waals surface area (Å²) in [7, 11) is 1.33. The van der Waals surface area contributed by atoms with Crippen LogP contribution in [0.15, 0.2) is 22.8 Å². The van der Waals surface area contributed by atoms with Crippen molar-refractivity contribution in [1.29, 1.82) is 5.26 Å². The zero-order valence-electron chi connectivity index (χ0n) is 8.63. The van der Waals surface area contributed by atoms with Crippen LogP contribution >= 0.6 is 0 Å². The van der Waals surface area contributed by atoms with Crippen LogP contribution < -0.4 is 4.74 Å². The number of furan rings is 1. The van der Waals surface area contributed by atoms with Crippen molar-refractivity contribution in [3.05, 3.63) is 29.5 Å². The van der Waals surface area contributed by atoms with E-state index >= 15 is 0 Å². The van der Waals surface area contributed by atoms with Gasteiger partial charge in [-0.25, -0.2) is 0 Å². The van der Waals surface area contributed by atoms with Gasteiger partial charge in [0.2, 0.25) is 0 Å². The largest absolute Gasteiger partial charge is 0.495 e. The normalized spacial score (nSPS) is 11.5. The lowest BCUT2D eigenvalue weighted by Crippen LogP contribution is -2.03. The van der Waals surface area contributed by atoms with E-state index in [1.165, 1.54) is 13.2 Å². The highest BCUT2D eigenvalue weighted by molar-refractivity contribution is 5.85. The Labute approximate surface area is 94.0 Å². The van der Waals surface area contributed by atoms with Crippen LogP contribution in [0.5, 0.6) is 5.75 Å². The maximum Gasteiger partial charge on any atom is 0.420 e. The van der Waals surface area contributed by atoms with Crippen molar-refractivity contribution < 1.29 is 22.3 Å². The fourth-order valence-electron chi connectivity index (χ4n) is 1.53. The molecule has 1 aromatic carbocycles. The molecule has 0 saturated heterocycles. The third-order valence-corrected chi connectivity index (χ3v) is 2.32. The standard InChI is InChI=1S/C11H6F3NO2/c1-16-9-3-10-7(2-6(9)4-15)8(5-17-10)11(12,13)14/h2-3,5H,1H3. The fourth-order valence-corrected chi connectivity index (χ4v) is 1.53. The van der Waals surface area contributed by atoms with Crippen LogP contribution in [0, 0.1) is 11.3 Å². The van der Waals surface area contributed by atoms with Gasteiger partial charge in [-0.2, -0.15) is 18.4 Å². The van der Waals surface area contributed by atoms with Crippen LogP contribution in [0.2, 0.25) is 0 Å². The molecule has 0 N–H and O–H groups in total. The SMILES string of the molecule is COc1cc2occ(C(F)(F)F)c2cc1C#N. The van der Waals surface area contributed by atoms with E-state index in [4.69, 9.17) is 14.4 Å². The van der Waals surface area contributed by atoms with Crippen molar-refractivity contribution in [1.82, 2.24) is 0 Å². The van der Waals surface area contributed by atoms with E-state index in [0.29, 0.717) is 6.26 Å². The second-order valence-corrected chi connectivity index (χ2v) is 3.31. The molecule has 1 aromatic heterocycles. The monoisotopic (exact) mass is 241 g/mol. The van der Waals surface area contributed by atoms with E-state index in [1.54, 1.807) is 6.07 Å². The molecule has 0 radical (unpaired) electrons. The second kappa shape index (κ2) is 3.70. The average Bonchev–Trinajstić information content (AvgIpc) is 2.69. The van der Waals surface area contributed by atoms with Gasteiger partial charge in [-0.3, -0.25) is 0 Å². The van der Waals surface area contributed by atoms with Gasteiger partial charge in [-0.15, -0.1) is 0 Å². The molecule has 88 valence electrons. The molecule has 17 heavy (non-hydrogen) atoms. The van der Waals surface area contributed by atoms with Gasteiger partial charge in [0.05, 0.1) is 12.7 Å². The highest BCUT2D eigenvalue weighted by atomic mass is 19.4. The van der Waals surface area contributed by atoms with E-state index in [2.05, 4.69) is 0 Å². The Morgan fingerprint density at radius 3 is 2.59 bits per heavy atom. The topological polar surface area (TPSA) is 46.2 Å². The number of halogens is 3. The summed E-state index contributed by atoms with van der Waals surface area (Å²) in [5.74, 6) is 0.183. The number of ether oxygens (including phenoxy) is 1. The number of nitrogens with zero attached hydrogens (tertiary/aromatic N) is 1. The molecule has 2 aromatic rings. The molecule has 0 unspecified atom stereocenters. The lowest BCUT2D eigenvalue weighted by atomic mass is 10.1. The van der Waals surface area contributed by atoms with Crippen LogP contribution in [0.4, 0.5) is 13.2 Å². The number of methoxy groups -OCH3 is 1. The van der Waals surface area contributed by atoms with E-state index in [-0.39, 0.29) is 22.3 Å². The van der Waals surface area contributed by atoms with Crippen molar-refractivity contribution in [3.63, 3.8) is 0 Å². The highest BCUT2D eigenvalue weighted by Crippen LogP contribution is 2.38. The van der Waals surface area contributed by atoms with E-state index in [9.17, 15) is 13.2 Å². The summed E-state index contributed by atoms with van der Waals surface area (Å²) in [5, 5.41) is 8.65. The lowest BCUT2D eigenvalue weighted by molar-refractivity contribution is -0.136. The van der Waals surface area contributed by atoms with E-state index in [1.807, 2.05) is 0 Å². The summed E-state index contributed by atoms with van der Waals surface area (Å²) >= 11 is 0. The van der Waals surface area contributed by atoms with Gasteiger partial charge in [0, 0.05) is 11.5 Å². The second-order valence-electron chi connectivity index (χ2n) is 3.31. The van der Waals surface area contributed by atoms with Gasteiger partial charge >= 0.3 is 6.18 Å². The Bertz CT molecular complexity index is 607. The zero-order valence-corrected chi connectivity index (χ0v) is 8.63. The summed E-state index contributed by atoms with van der Waals surface area (Å²) < 4.78 is 47.5. The molecule has 0 bridgehead atoms. The van der Waals surface area contributed by atoms with Gasteiger partial charge in [0.15, 0.2) is 0 Å². The molecule has 0 amide bonds. The van der Waals surface area contributed by atoms with Crippen LogP contribution in [-0.2, 0) is 6.18 Å². The van der Waals surface area contributed by atoms with Crippen molar-refractivity contribution in [2.24, 2.45) is 0 Å². The zero-order chi connectivity index (χ0) is 12.6. The van der Waals surface area contributed by atoms with Crippen molar-refractivity contribution >= 4 is 11.0 Å². The Morgan fingerprint density at radius 2 is 2.06 bits per heavy atom. The fraction of sp³-hybridized carbons (Fsp3) is 0.182. The van der Waals surface area contributed by atoms with Gasteiger partial charge in [-0.1, -0.05) is 0 Å². The molecular formula is C11H6F3NO2. The first-order valence-corrected chi connectivity index (χ1v) is 4.54. The molecule has 2 rings (SSSR count). The first-order chi connectivity index (χ1) is 7.97. The number of benzene rings is 1. The molecule has 3 nitrogen and oxygen atoms in total. The van der Waals surface area contributed by atoms with Crippen LogP contribution in [0.1, 0.15) is 11.1 Å². The molecule has 0 aliphatic heterocycles. The van der Waals surface area contributed by atoms with Gasteiger partial charge < -0.3 is 9.15 Å². The molecule has 1 heterocycles. The van der Waals surface area contributed by atoms with Crippen molar-refractivity contribution in [2.75, 3.05) is 7.11 Å².